The molecule has 7 nitrogen and oxygen atoms in total. The van der Waals surface area contributed by atoms with Gasteiger partial charge in [0.1, 0.15) is 12.6 Å². The highest BCUT2D eigenvalue weighted by Crippen LogP contribution is 2.28. The number of hydrogen-bond donors (Lipinski definition) is 1. The van der Waals surface area contributed by atoms with Crippen LogP contribution in [-0.4, -0.2) is 44.3 Å². The van der Waals surface area contributed by atoms with Crippen molar-refractivity contribution in [2.45, 2.75) is 51.1 Å². The molecule has 3 aromatic carbocycles. The van der Waals surface area contributed by atoms with Crippen LogP contribution in [0.25, 0.3) is 0 Å². The van der Waals surface area contributed by atoms with Gasteiger partial charge in [-0.15, -0.1) is 0 Å². The predicted molar refractivity (Wildman–Crippen MR) is 157 cm³/mol. The number of carbonyl (C=O) groups excluding carboxylic acids is 2. The number of carbonyl (C=O) groups is 2. The molecule has 0 unspecified atom stereocenters. The topological polar surface area (TPSA) is 86.8 Å². The van der Waals surface area contributed by atoms with Gasteiger partial charge in [-0.2, -0.15) is 0 Å². The molecule has 0 spiro atoms. The van der Waals surface area contributed by atoms with Crippen LogP contribution in [0.5, 0.6) is 0 Å². The third kappa shape index (κ3) is 7.53. The van der Waals surface area contributed by atoms with E-state index in [1.165, 1.54) is 17.0 Å². The zero-order chi connectivity index (χ0) is 28.6. The second kappa shape index (κ2) is 13.8. The zero-order valence-electron chi connectivity index (χ0n) is 22.2. The van der Waals surface area contributed by atoms with E-state index in [0.717, 1.165) is 10.7 Å². The van der Waals surface area contributed by atoms with Gasteiger partial charge < -0.3 is 10.2 Å². The van der Waals surface area contributed by atoms with Crippen LogP contribution in [0.3, 0.4) is 0 Å². The van der Waals surface area contributed by atoms with E-state index < -0.39 is 28.5 Å². The predicted octanol–water partition coefficient (Wildman–Crippen LogP) is 5.83. The maximum absolute atomic E-state index is 14.0. The van der Waals surface area contributed by atoms with Gasteiger partial charge in [-0.3, -0.25) is 13.9 Å². The minimum absolute atomic E-state index is 0.000115. The molecule has 2 amide bonds. The summed E-state index contributed by atoms with van der Waals surface area (Å²) in [6.45, 7) is 5.47. The van der Waals surface area contributed by atoms with Gasteiger partial charge >= 0.3 is 0 Å². The minimum Gasteiger partial charge on any atom is -0.354 e. The van der Waals surface area contributed by atoms with E-state index in [-0.39, 0.29) is 17.3 Å². The van der Waals surface area contributed by atoms with Gasteiger partial charge in [-0.25, -0.2) is 8.42 Å². The van der Waals surface area contributed by atoms with Gasteiger partial charge in [-0.1, -0.05) is 79.5 Å². The Morgan fingerprint density at radius 3 is 2.23 bits per heavy atom. The molecule has 10 heteroatoms. The molecule has 0 aliphatic carbocycles. The zero-order valence-corrected chi connectivity index (χ0v) is 24.6. The van der Waals surface area contributed by atoms with E-state index in [4.69, 9.17) is 23.2 Å². The Kier molecular flexibility index (Phi) is 10.8. The second-order valence-electron chi connectivity index (χ2n) is 9.08. The van der Waals surface area contributed by atoms with Crippen LogP contribution >= 0.6 is 23.2 Å². The Morgan fingerprint density at radius 2 is 1.62 bits per heavy atom. The molecule has 0 aromatic heterocycles. The van der Waals surface area contributed by atoms with Crippen LogP contribution in [0.4, 0.5) is 5.69 Å². The molecule has 0 radical (unpaired) electrons. The van der Waals surface area contributed by atoms with Gasteiger partial charge in [0.15, 0.2) is 0 Å². The van der Waals surface area contributed by atoms with E-state index in [0.29, 0.717) is 39.8 Å². The SMILES string of the molecule is CCCNC(=O)[C@@H](CC)N(Cc1ccc(Cl)cc1Cl)C(=O)CN(c1ccccc1C)S(=O)(=O)c1ccccc1. The maximum Gasteiger partial charge on any atom is 0.264 e. The Hall–Kier alpha value is -3.07. The first-order valence-electron chi connectivity index (χ1n) is 12.7. The van der Waals surface area contributed by atoms with Crippen LogP contribution < -0.4 is 9.62 Å². The lowest BCUT2D eigenvalue weighted by molar-refractivity contribution is -0.140. The lowest BCUT2D eigenvalue weighted by Crippen LogP contribution is -2.52. The number of hydrogen-bond acceptors (Lipinski definition) is 4. The highest BCUT2D eigenvalue weighted by Gasteiger charge is 2.34. The fourth-order valence-corrected chi connectivity index (χ4v) is 6.16. The summed E-state index contributed by atoms with van der Waals surface area (Å²) in [5.41, 5.74) is 1.65. The highest BCUT2D eigenvalue weighted by molar-refractivity contribution is 7.92. The number of nitrogens with zero attached hydrogens (tertiary/aromatic N) is 2. The van der Waals surface area contributed by atoms with Crippen LogP contribution in [0.15, 0.2) is 77.7 Å². The third-order valence-corrected chi connectivity index (χ3v) is 8.65. The summed E-state index contributed by atoms with van der Waals surface area (Å²) in [6.07, 6.45) is 1.05. The Labute approximate surface area is 240 Å². The van der Waals surface area contributed by atoms with Crippen molar-refractivity contribution in [3.05, 3.63) is 94.0 Å². The van der Waals surface area contributed by atoms with Crippen molar-refractivity contribution in [2.24, 2.45) is 0 Å². The van der Waals surface area contributed by atoms with Crippen LogP contribution in [0, 0.1) is 6.92 Å². The minimum atomic E-state index is -4.12. The van der Waals surface area contributed by atoms with Crippen LogP contribution in [0.2, 0.25) is 10.0 Å². The monoisotopic (exact) mass is 589 g/mol. The van der Waals surface area contributed by atoms with Crippen LogP contribution in [0.1, 0.15) is 37.8 Å². The maximum atomic E-state index is 14.0. The Balaban J connectivity index is 2.07. The summed E-state index contributed by atoms with van der Waals surface area (Å²) in [7, 11) is -4.12. The fraction of sp³-hybridized carbons (Fsp3) is 0.310. The quantitative estimate of drug-likeness (QED) is 0.288. The smallest absolute Gasteiger partial charge is 0.264 e. The molecule has 208 valence electrons. The van der Waals surface area contributed by atoms with Crippen molar-refractivity contribution in [3.8, 4) is 0 Å². The molecule has 1 atom stereocenters. The molecule has 0 aliphatic heterocycles. The first-order valence-corrected chi connectivity index (χ1v) is 14.9. The van der Waals surface area contributed by atoms with Gasteiger partial charge in [0.05, 0.1) is 10.6 Å². The summed E-state index contributed by atoms with van der Waals surface area (Å²) in [5.74, 6) is -0.853. The van der Waals surface area contributed by atoms with Crippen molar-refractivity contribution >= 4 is 50.7 Å². The van der Waals surface area contributed by atoms with Crippen molar-refractivity contribution < 1.29 is 18.0 Å². The molecule has 0 saturated carbocycles. The highest BCUT2D eigenvalue weighted by atomic mass is 35.5. The van der Waals surface area contributed by atoms with Crippen molar-refractivity contribution in [2.75, 3.05) is 17.4 Å². The normalized spacial score (nSPS) is 12.0. The third-order valence-electron chi connectivity index (χ3n) is 6.29. The molecule has 3 rings (SSSR count). The molecule has 0 bridgehead atoms. The average molecular weight is 591 g/mol. The first-order chi connectivity index (χ1) is 18.6. The van der Waals surface area contributed by atoms with Gasteiger partial charge in [0, 0.05) is 23.1 Å². The van der Waals surface area contributed by atoms with E-state index in [1.807, 2.05) is 6.92 Å². The number of rotatable bonds is 12. The Bertz CT molecular complexity index is 1400. The first kappa shape index (κ1) is 30.5. The summed E-state index contributed by atoms with van der Waals surface area (Å²) in [5, 5.41) is 3.64. The molecule has 3 aromatic rings. The number of anilines is 1. The molecule has 0 fully saturated rings. The van der Waals surface area contributed by atoms with E-state index in [9.17, 15) is 18.0 Å². The van der Waals surface area contributed by atoms with E-state index in [1.54, 1.807) is 74.5 Å². The number of halogens is 2. The summed E-state index contributed by atoms with van der Waals surface area (Å²) in [6, 6.07) is 19.0. The molecular weight excluding hydrogens is 557 g/mol. The van der Waals surface area contributed by atoms with Crippen molar-refractivity contribution in [3.63, 3.8) is 0 Å². The summed E-state index contributed by atoms with van der Waals surface area (Å²) >= 11 is 12.5. The second-order valence-corrected chi connectivity index (χ2v) is 11.8. The van der Waals surface area contributed by atoms with Gasteiger partial charge in [0.25, 0.3) is 10.0 Å². The number of benzene rings is 3. The number of amides is 2. The molecule has 39 heavy (non-hydrogen) atoms. The molecule has 1 N–H and O–H groups in total. The van der Waals surface area contributed by atoms with E-state index >= 15 is 0 Å². The molecule has 0 saturated heterocycles. The largest absolute Gasteiger partial charge is 0.354 e. The molecular formula is C29H33Cl2N3O4S. The molecule has 0 aliphatic rings. The molecule has 0 heterocycles. The average Bonchev–Trinajstić information content (AvgIpc) is 2.92. The standard InChI is InChI=1S/C29H33Cl2N3O4S/c1-4-17-32-29(36)26(5-2)33(19-22-15-16-23(30)18-25(22)31)28(35)20-34(27-14-10-9-11-21(27)3)39(37,38)24-12-7-6-8-13-24/h6-16,18,26H,4-5,17,19-20H2,1-3H3,(H,32,36)/t26-/m1/s1. The number of nitrogens with one attached hydrogen (secondary N) is 1. The summed E-state index contributed by atoms with van der Waals surface area (Å²) < 4.78 is 28.8. The number of sulfonamides is 1. The fourth-order valence-electron chi connectivity index (χ4n) is 4.20. The van der Waals surface area contributed by atoms with Gasteiger partial charge in [0.2, 0.25) is 11.8 Å². The van der Waals surface area contributed by atoms with Crippen molar-refractivity contribution in [1.29, 1.82) is 0 Å². The Morgan fingerprint density at radius 1 is 0.949 bits per heavy atom. The lowest BCUT2D eigenvalue weighted by atomic mass is 10.1. The lowest BCUT2D eigenvalue weighted by Gasteiger charge is -2.33. The van der Waals surface area contributed by atoms with Gasteiger partial charge in [-0.05, 0) is 61.2 Å². The number of para-hydroxylation sites is 1. The van der Waals surface area contributed by atoms with E-state index in [2.05, 4.69) is 5.32 Å². The summed E-state index contributed by atoms with van der Waals surface area (Å²) in [4.78, 5) is 28.6. The van der Waals surface area contributed by atoms with Crippen molar-refractivity contribution in [1.82, 2.24) is 10.2 Å². The van der Waals surface area contributed by atoms with Crippen LogP contribution in [-0.2, 0) is 26.2 Å². The number of aryl methyl sites for hydroxylation is 1.